The lowest BCUT2D eigenvalue weighted by molar-refractivity contribution is 0.0930. The Labute approximate surface area is 161 Å². The number of hydrogen-bond acceptors (Lipinski definition) is 6. The van der Waals surface area contributed by atoms with E-state index in [1.54, 1.807) is 5.38 Å². The lowest BCUT2D eigenvalue weighted by Crippen LogP contribution is -2.41. The fourth-order valence-corrected chi connectivity index (χ4v) is 3.25. The lowest BCUT2D eigenvalue weighted by Gasteiger charge is -2.32. The molecule has 1 amide bonds. The molecule has 1 aliphatic rings. The maximum Gasteiger partial charge on any atom is 0.270 e. The van der Waals surface area contributed by atoms with E-state index in [4.69, 9.17) is 5.73 Å². The molecule has 140 valence electrons. The first-order chi connectivity index (χ1) is 10.6. The molecule has 6 nitrogen and oxygen atoms in total. The SMILES string of the molecule is CN(C)CCN1CCC(CNC(=O)c2csc(CN)n2)CC1.Cl.Cl. The normalized spacial score (nSPS) is 15.7. The monoisotopic (exact) mass is 397 g/mol. The Morgan fingerprint density at radius 2 is 2.08 bits per heavy atom. The van der Waals surface area contributed by atoms with Crippen LogP contribution in [0, 0.1) is 5.92 Å². The molecule has 0 aliphatic carbocycles. The van der Waals surface area contributed by atoms with Crippen LogP contribution < -0.4 is 11.1 Å². The van der Waals surface area contributed by atoms with Crippen molar-refractivity contribution in [2.75, 3.05) is 46.8 Å². The van der Waals surface area contributed by atoms with Crippen LogP contribution in [0.15, 0.2) is 5.38 Å². The van der Waals surface area contributed by atoms with Crippen LogP contribution in [-0.2, 0) is 6.54 Å². The Bertz CT molecular complexity index is 478. The summed E-state index contributed by atoms with van der Waals surface area (Å²) in [6.45, 7) is 5.63. The molecule has 0 spiro atoms. The smallest absolute Gasteiger partial charge is 0.270 e. The van der Waals surface area contributed by atoms with Crippen molar-refractivity contribution in [3.63, 3.8) is 0 Å². The van der Waals surface area contributed by atoms with Gasteiger partial charge in [0.1, 0.15) is 10.7 Å². The average Bonchev–Trinajstić information content (AvgIpc) is 3.00. The minimum atomic E-state index is -0.0778. The fourth-order valence-electron chi connectivity index (χ4n) is 2.59. The van der Waals surface area contributed by atoms with Crippen molar-refractivity contribution in [3.05, 3.63) is 16.1 Å². The second-order valence-electron chi connectivity index (χ2n) is 6.13. The van der Waals surface area contributed by atoms with Crippen molar-refractivity contribution in [2.24, 2.45) is 11.7 Å². The van der Waals surface area contributed by atoms with Gasteiger partial charge in [0.05, 0.1) is 0 Å². The average molecular weight is 398 g/mol. The third kappa shape index (κ3) is 7.63. The third-order valence-electron chi connectivity index (χ3n) is 4.08. The highest BCUT2D eigenvalue weighted by Gasteiger charge is 2.20. The Morgan fingerprint density at radius 3 is 2.62 bits per heavy atom. The van der Waals surface area contributed by atoms with Gasteiger partial charge in [0.15, 0.2) is 0 Å². The molecular formula is C15H29Cl2N5OS. The summed E-state index contributed by atoms with van der Waals surface area (Å²) in [5.41, 5.74) is 6.01. The summed E-state index contributed by atoms with van der Waals surface area (Å²) in [5.74, 6) is 0.498. The Balaban J connectivity index is 0.00000264. The molecule has 24 heavy (non-hydrogen) atoms. The van der Waals surface area contributed by atoms with Crippen molar-refractivity contribution in [2.45, 2.75) is 19.4 Å². The number of likely N-dealkylation sites (N-methyl/N-ethyl adjacent to an activating group) is 1. The number of amides is 1. The number of hydrogen-bond donors (Lipinski definition) is 2. The molecule has 0 atom stereocenters. The first-order valence-electron chi connectivity index (χ1n) is 7.88. The van der Waals surface area contributed by atoms with Gasteiger partial charge >= 0.3 is 0 Å². The van der Waals surface area contributed by atoms with Crippen LogP contribution in [0.3, 0.4) is 0 Å². The van der Waals surface area contributed by atoms with E-state index in [-0.39, 0.29) is 30.7 Å². The van der Waals surface area contributed by atoms with E-state index in [0.29, 0.717) is 18.2 Å². The number of piperidine rings is 1. The molecule has 1 saturated heterocycles. The summed E-state index contributed by atoms with van der Waals surface area (Å²) in [4.78, 5) is 21.0. The number of nitrogens with two attached hydrogens (primary N) is 1. The fraction of sp³-hybridized carbons (Fsp3) is 0.733. The van der Waals surface area contributed by atoms with E-state index in [1.165, 1.54) is 11.3 Å². The largest absolute Gasteiger partial charge is 0.350 e. The third-order valence-corrected chi connectivity index (χ3v) is 4.95. The highest BCUT2D eigenvalue weighted by molar-refractivity contribution is 7.09. The second kappa shape index (κ2) is 12.0. The van der Waals surface area contributed by atoms with Gasteiger partial charge in [-0.2, -0.15) is 0 Å². The summed E-state index contributed by atoms with van der Waals surface area (Å²) in [6.07, 6.45) is 2.30. The van der Waals surface area contributed by atoms with Gasteiger partial charge in [-0.1, -0.05) is 0 Å². The van der Waals surface area contributed by atoms with Crippen LogP contribution in [0.25, 0.3) is 0 Å². The van der Waals surface area contributed by atoms with E-state index >= 15 is 0 Å². The topological polar surface area (TPSA) is 74.5 Å². The Kier molecular flexibility index (Phi) is 11.8. The zero-order valence-corrected chi connectivity index (χ0v) is 16.8. The minimum Gasteiger partial charge on any atom is -0.350 e. The van der Waals surface area contributed by atoms with Gasteiger partial charge in [0.2, 0.25) is 0 Å². The van der Waals surface area contributed by atoms with E-state index in [2.05, 4.69) is 34.2 Å². The van der Waals surface area contributed by atoms with Crippen LogP contribution in [0.4, 0.5) is 0 Å². The highest BCUT2D eigenvalue weighted by atomic mass is 35.5. The summed E-state index contributed by atoms with van der Waals surface area (Å²) in [7, 11) is 4.22. The Morgan fingerprint density at radius 1 is 1.42 bits per heavy atom. The number of nitrogens with zero attached hydrogens (tertiary/aromatic N) is 3. The van der Waals surface area contributed by atoms with Crippen LogP contribution in [0.5, 0.6) is 0 Å². The number of thiazole rings is 1. The molecular weight excluding hydrogens is 369 g/mol. The molecule has 0 unspecified atom stereocenters. The van der Waals surface area contributed by atoms with Crippen molar-refractivity contribution >= 4 is 42.1 Å². The molecule has 1 aromatic rings. The number of aromatic nitrogens is 1. The molecule has 1 fully saturated rings. The van der Waals surface area contributed by atoms with E-state index in [0.717, 1.165) is 50.6 Å². The van der Waals surface area contributed by atoms with Crippen LogP contribution >= 0.6 is 36.2 Å². The molecule has 0 radical (unpaired) electrons. The van der Waals surface area contributed by atoms with Crippen LogP contribution in [-0.4, -0.2) is 67.5 Å². The maximum atomic E-state index is 12.0. The van der Waals surface area contributed by atoms with E-state index < -0.39 is 0 Å². The van der Waals surface area contributed by atoms with Gasteiger partial charge in [-0.15, -0.1) is 36.2 Å². The van der Waals surface area contributed by atoms with Gasteiger partial charge in [-0.25, -0.2) is 4.98 Å². The van der Waals surface area contributed by atoms with Crippen molar-refractivity contribution in [1.29, 1.82) is 0 Å². The molecule has 2 heterocycles. The molecule has 9 heteroatoms. The van der Waals surface area contributed by atoms with E-state index in [9.17, 15) is 4.79 Å². The molecule has 0 aromatic carbocycles. The summed E-state index contributed by atoms with van der Waals surface area (Å²) in [6, 6.07) is 0. The molecule has 3 N–H and O–H groups in total. The summed E-state index contributed by atoms with van der Waals surface area (Å²) in [5, 5.41) is 5.59. The number of rotatable bonds is 7. The first-order valence-corrected chi connectivity index (χ1v) is 8.76. The minimum absolute atomic E-state index is 0. The molecule has 1 aromatic heterocycles. The highest BCUT2D eigenvalue weighted by Crippen LogP contribution is 2.16. The van der Waals surface area contributed by atoms with Crippen molar-refractivity contribution in [1.82, 2.24) is 20.1 Å². The number of carbonyl (C=O) groups excluding carboxylic acids is 1. The number of carbonyl (C=O) groups is 1. The first kappa shape index (κ1) is 23.6. The summed E-state index contributed by atoms with van der Waals surface area (Å²) >= 11 is 1.44. The van der Waals surface area contributed by atoms with E-state index in [1.807, 2.05) is 0 Å². The van der Waals surface area contributed by atoms with Gasteiger partial charge in [-0.05, 0) is 45.9 Å². The number of halogens is 2. The maximum absolute atomic E-state index is 12.0. The predicted molar refractivity (Wildman–Crippen MR) is 105 cm³/mol. The number of likely N-dealkylation sites (tertiary alicyclic amines) is 1. The van der Waals surface area contributed by atoms with Gasteiger partial charge in [0, 0.05) is 31.6 Å². The standard InChI is InChI=1S/C15H27N5OS.2ClH/c1-19(2)7-8-20-5-3-12(4-6-20)10-17-15(21)13-11-22-14(9-16)18-13;;/h11-12H,3-10,16H2,1-2H3,(H,17,21);2*1H. The van der Waals surface area contributed by atoms with Gasteiger partial charge in [0.25, 0.3) is 5.91 Å². The zero-order chi connectivity index (χ0) is 15.9. The molecule has 0 saturated carbocycles. The zero-order valence-electron chi connectivity index (χ0n) is 14.4. The quantitative estimate of drug-likeness (QED) is 0.727. The van der Waals surface area contributed by atoms with Crippen LogP contribution in [0.2, 0.25) is 0 Å². The Hall–Kier alpha value is -0.440. The molecule has 1 aliphatic heterocycles. The van der Waals surface area contributed by atoms with Crippen molar-refractivity contribution in [3.8, 4) is 0 Å². The number of nitrogens with one attached hydrogen (secondary N) is 1. The van der Waals surface area contributed by atoms with Gasteiger partial charge in [-0.3, -0.25) is 4.79 Å². The van der Waals surface area contributed by atoms with Crippen molar-refractivity contribution < 1.29 is 4.79 Å². The molecule has 0 bridgehead atoms. The van der Waals surface area contributed by atoms with Crippen LogP contribution in [0.1, 0.15) is 28.3 Å². The predicted octanol–water partition coefficient (Wildman–Crippen LogP) is 1.45. The summed E-state index contributed by atoms with van der Waals surface area (Å²) < 4.78 is 0. The lowest BCUT2D eigenvalue weighted by atomic mass is 9.97. The van der Waals surface area contributed by atoms with Gasteiger partial charge < -0.3 is 20.9 Å². The second-order valence-corrected chi connectivity index (χ2v) is 7.07. The molecule has 2 rings (SSSR count).